The van der Waals surface area contributed by atoms with Gasteiger partial charge in [0.05, 0.1) is 5.75 Å². The van der Waals surface area contributed by atoms with Gasteiger partial charge in [-0.15, -0.1) is 0 Å². The highest BCUT2D eigenvalue weighted by Gasteiger charge is 2.15. The Hall–Kier alpha value is -0.130. The smallest absolute Gasteiger partial charge is 0.211 e. The predicted molar refractivity (Wildman–Crippen MR) is 53.1 cm³/mol. The van der Waals surface area contributed by atoms with Crippen LogP contribution >= 0.6 is 0 Å². The lowest BCUT2D eigenvalue weighted by Gasteiger charge is -2.22. The quantitative estimate of drug-likeness (QED) is 0.684. The average molecular weight is 206 g/mol. The van der Waals surface area contributed by atoms with Crippen molar-refractivity contribution in [3.8, 4) is 0 Å². The molecular weight excluding hydrogens is 188 g/mol. The van der Waals surface area contributed by atoms with Crippen molar-refractivity contribution in [2.24, 2.45) is 0 Å². The summed E-state index contributed by atoms with van der Waals surface area (Å²) in [5.74, 6) is 0.237. The molecule has 13 heavy (non-hydrogen) atoms. The molecule has 0 amide bonds. The lowest BCUT2D eigenvalue weighted by molar-refractivity contribution is 0.392. The van der Waals surface area contributed by atoms with E-state index in [1.165, 1.54) is 19.9 Å². The van der Waals surface area contributed by atoms with Crippen LogP contribution in [0, 0.1) is 0 Å². The Morgan fingerprint density at radius 2 is 2.23 bits per heavy atom. The second kappa shape index (κ2) is 4.93. The molecule has 0 aromatic carbocycles. The van der Waals surface area contributed by atoms with Gasteiger partial charge in [0.15, 0.2) is 0 Å². The van der Waals surface area contributed by atoms with Crippen LogP contribution < -0.4 is 10.0 Å². The van der Waals surface area contributed by atoms with E-state index < -0.39 is 10.0 Å². The highest BCUT2D eigenvalue weighted by Crippen LogP contribution is 2.10. The van der Waals surface area contributed by atoms with Gasteiger partial charge in [-0.2, -0.15) is 0 Å². The minimum absolute atomic E-state index is 0.237. The van der Waals surface area contributed by atoms with E-state index in [9.17, 15) is 8.42 Å². The fraction of sp³-hybridized carbons (Fsp3) is 1.00. The summed E-state index contributed by atoms with van der Waals surface area (Å²) in [4.78, 5) is 0. The van der Waals surface area contributed by atoms with E-state index in [0.29, 0.717) is 6.04 Å². The molecule has 0 bridgehead atoms. The summed E-state index contributed by atoms with van der Waals surface area (Å²) in [5, 5.41) is 3.32. The van der Waals surface area contributed by atoms with Crippen LogP contribution in [0.4, 0.5) is 0 Å². The first-order valence-corrected chi connectivity index (χ1v) is 6.44. The van der Waals surface area contributed by atoms with Crippen molar-refractivity contribution in [3.05, 3.63) is 0 Å². The molecule has 0 radical (unpaired) electrons. The van der Waals surface area contributed by atoms with Gasteiger partial charge in [-0.3, -0.25) is 0 Å². The summed E-state index contributed by atoms with van der Waals surface area (Å²) in [5.41, 5.74) is 0. The Kier molecular flexibility index (Phi) is 4.15. The van der Waals surface area contributed by atoms with Gasteiger partial charge in [0, 0.05) is 6.04 Å². The molecule has 1 unspecified atom stereocenters. The van der Waals surface area contributed by atoms with Crippen LogP contribution in [0.5, 0.6) is 0 Å². The third-order valence-electron chi connectivity index (χ3n) is 2.46. The highest BCUT2D eigenvalue weighted by molar-refractivity contribution is 7.89. The molecule has 2 N–H and O–H groups in total. The lowest BCUT2D eigenvalue weighted by Crippen LogP contribution is -2.36. The molecule has 0 aromatic heterocycles. The molecule has 5 heteroatoms. The minimum atomic E-state index is -3.01. The number of hydrogen-bond acceptors (Lipinski definition) is 3. The fourth-order valence-electron chi connectivity index (χ4n) is 1.57. The molecule has 1 rings (SSSR count). The van der Waals surface area contributed by atoms with Crippen LogP contribution in [0.2, 0.25) is 0 Å². The molecule has 4 nitrogen and oxygen atoms in total. The first kappa shape index (κ1) is 10.9. The van der Waals surface area contributed by atoms with E-state index in [2.05, 4.69) is 10.0 Å². The topological polar surface area (TPSA) is 58.2 Å². The van der Waals surface area contributed by atoms with Crippen LogP contribution in [0.25, 0.3) is 0 Å². The Labute approximate surface area is 80.1 Å². The maximum absolute atomic E-state index is 11.1. The molecule has 0 saturated carbocycles. The van der Waals surface area contributed by atoms with E-state index in [1.54, 1.807) is 0 Å². The minimum Gasteiger partial charge on any atom is -0.314 e. The summed E-state index contributed by atoms with van der Waals surface area (Å²) in [6, 6.07) is 0.400. The maximum atomic E-state index is 11.1. The van der Waals surface area contributed by atoms with Gasteiger partial charge in [-0.25, -0.2) is 13.1 Å². The van der Waals surface area contributed by atoms with E-state index in [4.69, 9.17) is 0 Å². The molecule has 1 atom stereocenters. The maximum Gasteiger partial charge on any atom is 0.211 e. The fourth-order valence-corrected chi connectivity index (χ4v) is 2.37. The molecule has 1 heterocycles. The zero-order valence-corrected chi connectivity index (χ0v) is 8.86. The van der Waals surface area contributed by atoms with Crippen molar-refractivity contribution < 1.29 is 8.42 Å². The number of sulfonamides is 1. The number of piperidine rings is 1. The predicted octanol–water partition coefficient (Wildman–Crippen LogP) is 0.0678. The van der Waals surface area contributed by atoms with Gasteiger partial charge in [-0.1, -0.05) is 6.42 Å². The second-order valence-electron chi connectivity index (χ2n) is 3.46. The van der Waals surface area contributed by atoms with Crippen molar-refractivity contribution in [3.63, 3.8) is 0 Å². The summed E-state index contributed by atoms with van der Waals surface area (Å²) >= 11 is 0. The zero-order chi connectivity index (χ0) is 9.73. The average Bonchev–Trinajstić information content (AvgIpc) is 2.17. The Balaban J connectivity index is 2.25. The highest BCUT2D eigenvalue weighted by atomic mass is 32.2. The second-order valence-corrected chi connectivity index (χ2v) is 5.50. The van der Waals surface area contributed by atoms with Crippen LogP contribution in [0.15, 0.2) is 0 Å². The first-order chi connectivity index (χ1) is 6.14. The Bertz CT molecular complexity index is 233. The largest absolute Gasteiger partial charge is 0.314 e. The lowest BCUT2D eigenvalue weighted by atomic mass is 10.0. The van der Waals surface area contributed by atoms with Gasteiger partial charge in [0.1, 0.15) is 0 Å². The molecule has 1 aliphatic heterocycles. The van der Waals surface area contributed by atoms with E-state index >= 15 is 0 Å². The summed E-state index contributed by atoms with van der Waals surface area (Å²) in [7, 11) is -1.55. The first-order valence-electron chi connectivity index (χ1n) is 4.78. The van der Waals surface area contributed by atoms with Crippen molar-refractivity contribution >= 4 is 10.0 Å². The molecule has 0 aliphatic carbocycles. The molecule has 1 aliphatic rings. The third-order valence-corrected chi connectivity index (χ3v) is 3.85. The van der Waals surface area contributed by atoms with Gasteiger partial charge < -0.3 is 5.32 Å². The summed E-state index contributed by atoms with van der Waals surface area (Å²) < 4.78 is 24.5. The molecule has 1 saturated heterocycles. The monoisotopic (exact) mass is 206 g/mol. The number of rotatable bonds is 4. The molecular formula is C8H18N2O2S. The number of hydrogen-bond donors (Lipinski definition) is 2. The van der Waals surface area contributed by atoms with E-state index in [0.717, 1.165) is 19.4 Å². The molecule has 0 spiro atoms. The van der Waals surface area contributed by atoms with Gasteiger partial charge >= 0.3 is 0 Å². The SMILES string of the molecule is CNS(=O)(=O)CCC1CCCCN1. The third kappa shape index (κ3) is 4.06. The zero-order valence-electron chi connectivity index (χ0n) is 8.04. The summed E-state index contributed by atoms with van der Waals surface area (Å²) in [6.07, 6.45) is 4.27. The van der Waals surface area contributed by atoms with E-state index in [1.807, 2.05) is 0 Å². The van der Waals surface area contributed by atoms with Gasteiger partial charge in [0.2, 0.25) is 10.0 Å². The molecule has 0 aromatic rings. The van der Waals surface area contributed by atoms with Gasteiger partial charge in [-0.05, 0) is 32.9 Å². The summed E-state index contributed by atoms with van der Waals surface area (Å²) in [6.45, 7) is 1.03. The molecule has 78 valence electrons. The van der Waals surface area contributed by atoms with Crippen LogP contribution in [-0.2, 0) is 10.0 Å². The standard InChI is InChI=1S/C8H18N2O2S/c1-9-13(11,12)7-5-8-4-2-3-6-10-8/h8-10H,2-7H2,1H3. The van der Waals surface area contributed by atoms with Gasteiger partial charge in [0.25, 0.3) is 0 Å². The van der Waals surface area contributed by atoms with Crippen molar-refractivity contribution in [2.45, 2.75) is 31.7 Å². The normalized spacial score (nSPS) is 24.5. The van der Waals surface area contributed by atoms with Crippen LogP contribution in [0.3, 0.4) is 0 Å². The Morgan fingerprint density at radius 1 is 1.46 bits per heavy atom. The van der Waals surface area contributed by atoms with Crippen LogP contribution in [0.1, 0.15) is 25.7 Å². The van der Waals surface area contributed by atoms with Crippen molar-refractivity contribution in [1.29, 1.82) is 0 Å². The van der Waals surface area contributed by atoms with Crippen molar-refractivity contribution in [2.75, 3.05) is 19.3 Å². The van der Waals surface area contributed by atoms with Crippen LogP contribution in [-0.4, -0.2) is 33.8 Å². The van der Waals surface area contributed by atoms with Crippen molar-refractivity contribution in [1.82, 2.24) is 10.0 Å². The van der Waals surface area contributed by atoms with E-state index in [-0.39, 0.29) is 5.75 Å². The Morgan fingerprint density at radius 3 is 2.77 bits per heavy atom. The number of nitrogens with one attached hydrogen (secondary N) is 2. The molecule has 1 fully saturated rings.